The van der Waals surface area contributed by atoms with Crippen molar-refractivity contribution in [3.05, 3.63) is 0 Å². The van der Waals surface area contributed by atoms with Gasteiger partial charge in [0, 0.05) is 0 Å². The van der Waals surface area contributed by atoms with Gasteiger partial charge in [-0.3, -0.25) is 0 Å². The predicted molar refractivity (Wildman–Crippen MR) is 113 cm³/mol. The number of rotatable bonds is 10. The minimum absolute atomic E-state index is 0.118. The van der Waals surface area contributed by atoms with Crippen molar-refractivity contribution in [2.24, 2.45) is 11.8 Å². The van der Waals surface area contributed by atoms with Crippen molar-refractivity contribution < 1.29 is 33.8 Å². The Morgan fingerprint density at radius 2 is 1.00 bits per heavy atom. The van der Waals surface area contributed by atoms with Crippen molar-refractivity contribution in [1.82, 2.24) is 0 Å². The second-order valence-corrected chi connectivity index (χ2v) is 10.5. The summed E-state index contributed by atoms with van der Waals surface area (Å²) in [6.45, 7) is 11.8. The van der Waals surface area contributed by atoms with Crippen LogP contribution < -0.4 is 0 Å². The molecule has 0 saturated heterocycles. The van der Waals surface area contributed by atoms with Crippen LogP contribution in [0.2, 0.25) is 0 Å². The molecule has 7 nitrogen and oxygen atoms in total. The van der Waals surface area contributed by atoms with Crippen LogP contribution in [0, 0.1) is 11.8 Å². The molecule has 2 aliphatic rings. The highest BCUT2D eigenvalue weighted by molar-refractivity contribution is 5.61. The molecule has 0 unspecified atom stereocenters. The van der Waals surface area contributed by atoms with E-state index >= 15 is 0 Å². The molecule has 0 atom stereocenters. The molecule has 176 valence electrons. The monoisotopic (exact) mass is 430 g/mol. The molecule has 0 aliphatic heterocycles. The van der Waals surface area contributed by atoms with Crippen molar-refractivity contribution in [3.8, 4) is 0 Å². The third kappa shape index (κ3) is 9.94. The fraction of sp³-hybridized carbons (Fsp3) is 0.957. The highest BCUT2D eigenvalue weighted by Gasteiger charge is 2.31. The van der Waals surface area contributed by atoms with Crippen molar-refractivity contribution in [2.75, 3.05) is 13.2 Å². The highest BCUT2D eigenvalue weighted by Crippen LogP contribution is 2.27. The van der Waals surface area contributed by atoms with Gasteiger partial charge >= 0.3 is 6.16 Å². The van der Waals surface area contributed by atoms with Gasteiger partial charge in [-0.25, -0.2) is 24.3 Å². The van der Waals surface area contributed by atoms with Crippen LogP contribution in [0.1, 0.15) is 92.9 Å². The van der Waals surface area contributed by atoms with E-state index < -0.39 is 17.4 Å². The molecule has 0 N–H and O–H groups in total. The van der Waals surface area contributed by atoms with Gasteiger partial charge in [0.15, 0.2) is 0 Å². The lowest BCUT2D eigenvalue weighted by Gasteiger charge is -2.30. The minimum Gasteiger partial charge on any atom is -0.426 e. The maximum Gasteiger partial charge on any atom is 0.509 e. The van der Waals surface area contributed by atoms with Crippen molar-refractivity contribution in [1.29, 1.82) is 0 Å². The zero-order chi connectivity index (χ0) is 22.2. The average Bonchev–Trinajstić information content (AvgIpc) is 2.63. The molecule has 0 aromatic rings. The van der Waals surface area contributed by atoms with Crippen LogP contribution in [0.3, 0.4) is 0 Å². The molecule has 0 aromatic heterocycles. The van der Waals surface area contributed by atoms with Crippen LogP contribution in [0.25, 0.3) is 0 Å². The summed E-state index contributed by atoms with van der Waals surface area (Å²) < 4.78 is 10.9. The lowest BCUT2D eigenvalue weighted by molar-refractivity contribution is -0.348. The Bertz CT molecular complexity index is 460. The summed E-state index contributed by atoms with van der Waals surface area (Å²) in [7, 11) is 0. The van der Waals surface area contributed by atoms with Gasteiger partial charge in [-0.05, 0) is 90.9 Å². The van der Waals surface area contributed by atoms with Gasteiger partial charge in [-0.2, -0.15) is 0 Å². The molecule has 7 heteroatoms. The summed E-state index contributed by atoms with van der Waals surface area (Å²) in [6.07, 6.45) is 8.09. The molecule has 2 saturated carbocycles. The van der Waals surface area contributed by atoms with E-state index in [0.717, 1.165) is 63.2 Å². The Kier molecular flexibility index (Phi) is 9.85. The SMILES string of the molecule is CC1CCC(OOCC(C)(C)OC(=O)OC(C)(C)COOC2CCC(C)CC2)CC1. The fourth-order valence-corrected chi connectivity index (χ4v) is 3.73. The molecule has 0 spiro atoms. The topological polar surface area (TPSA) is 72.5 Å². The minimum atomic E-state index is -0.870. The van der Waals surface area contributed by atoms with E-state index in [1.807, 2.05) is 0 Å². The first-order valence-electron chi connectivity index (χ1n) is 11.5. The first-order chi connectivity index (χ1) is 14.0. The number of carbonyl (C=O) groups excluding carboxylic acids is 1. The first kappa shape index (κ1) is 25.4. The second kappa shape index (κ2) is 11.7. The summed E-state index contributed by atoms with van der Waals surface area (Å²) in [5.74, 6) is 1.51. The van der Waals surface area contributed by atoms with Gasteiger partial charge in [0.1, 0.15) is 24.4 Å². The maximum atomic E-state index is 12.2. The molecule has 0 aromatic carbocycles. The average molecular weight is 431 g/mol. The summed E-state index contributed by atoms with van der Waals surface area (Å²) in [4.78, 5) is 34.0. The van der Waals surface area contributed by atoms with Crippen LogP contribution in [0.4, 0.5) is 4.79 Å². The summed E-state index contributed by atoms with van der Waals surface area (Å²) in [5.41, 5.74) is -1.74. The zero-order valence-electron chi connectivity index (χ0n) is 19.7. The highest BCUT2D eigenvalue weighted by atomic mass is 17.2. The van der Waals surface area contributed by atoms with Crippen molar-refractivity contribution in [2.45, 2.75) is 116 Å². The largest absolute Gasteiger partial charge is 0.509 e. The smallest absolute Gasteiger partial charge is 0.426 e. The van der Waals surface area contributed by atoms with E-state index in [9.17, 15) is 4.79 Å². The summed E-state index contributed by atoms with van der Waals surface area (Å²) in [5, 5.41) is 0. The van der Waals surface area contributed by atoms with Gasteiger partial charge in [0.2, 0.25) is 0 Å². The van der Waals surface area contributed by atoms with E-state index in [2.05, 4.69) is 13.8 Å². The van der Waals surface area contributed by atoms with Gasteiger partial charge < -0.3 is 9.47 Å². The molecular weight excluding hydrogens is 388 g/mol. The zero-order valence-corrected chi connectivity index (χ0v) is 19.7. The Hall–Kier alpha value is -0.890. The number of hydrogen-bond acceptors (Lipinski definition) is 7. The fourth-order valence-electron chi connectivity index (χ4n) is 3.73. The molecular formula is C23H42O7. The van der Waals surface area contributed by atoms with Crippen molar-refractivity contribution in [3.63, 3.8) is 0 Å². The predicted octanol–water partition coefficient (Wildman–Crippen LogP) is 5.75. The van der Waals surface area contributed by atoms with Gasteiger partial charge in [-0.15, -0.1) is 0 Å². The molecule has 0 amide bonds. The summed E-state index contributed by atoms with van der Waals surface area (Å²) >= 11 is 0. The molecule has 2 aliphatic carbocycles. The Morgan fingerprint density at radius 3 is 1.33 bits per heavy atom. The first-order valence-corrected chi connectivity index (χ1v) is 11.5. The lowest BCUT2D eigenvalue weighted by atomic mass is 9.89. The normalized spacial score (nSPS) is 28.2. The quantitative estimate of drug-likeness (QED) is 0.248. The van der Waals surface area contributed by atoms with Gasteiger partial charge in [0.25, 0.3) is 0 Å². The molecule has 2 fully saturated rings. The molecule has 0 heterocycles. The summed E-state index contributed by atoms with van der Waals surface area (Å²) in [6, 6.07) is 0. The van der Waals surface area contributed by atoms with E-state index in [1.54, 1.807) is 27.7 Å². The molecule has 0 radical (unpaired) electrons. The van der Waals surface area contributed by atoms with Crippen LogP contribution in [0.5, 0.6) is 0 Å². The third-order valence-corrected chi connectivity index (χ3v) is 5.87. The molecule has 0 bridgehead atoms. The molecule has 2 rings (SSSR count). The van der Waals surface area contributed by atoms with Crippen molar-refractivity contribution >= 4 is 6.16 Å². The number of hydrogen-bond donors (Lipinski definition) is 0. The van der Waals surface area contributed by atoms with E-state index in [-0.39, 0.29) is 25.4 Å². The lowest BCUT2D eigenvalue weighted by Crippen LogP contribution is -2.39. The van der Waals surface area contributed by atoms with E-state index in [1.165, 1.54) is 0 Å². The number of carbonyl (C=O) groups is 1. The second-order valence-electron chi connectivity index (χ2n) is 10.5. The molecule has 30 heavy (non-hydrogen) atoms. The maximum absolute atomic E-state index is 12.2. The Balaban J connectivity index is 1.61. The standard InChI is InChI=1S/C23H42O7/c1-17-7-11-19(12-8-17)29-25-15-22(3,4)27-21(24)28-23(5,6)16-26-30-20-13-9-18(2)10-14-20/h17-20H,7-16H2,1-6H3. The number of ether oxygens (including phenoxy) is 2. The van der Waals surface area contributed by atoms with Crippen LogP contribution in [0.15, 0.2) is 0 Å². The Labute approximate surface area is 181 Å². The van der Waals surface area contributed by atoms with E-state index in [4.69, 9.17) is 29.0 Å². The third-order valence-electron chi connectivity index (χ3n) is 5.87. The Morgan fingerprint density at radius 1 is 0.667 bits per heavy atom. The van der Waals surface area contributed by atoms with Gasteiger partial charge in [-0.1, -0.05) is 13.8 Å². The van der Waals surface area contributed by atoms with E-state index in [0.29, 0.717) is 0 Å². The van der Waals surface area contributed by atoms with Crippen LogP contribution in [-0.4, -0.2) is 42.8 Å². The van der Waals surface area contributed by atoms with Crippen LogP contribution >= 0.6 is 0 Å². The van der Waals surface area contributed by atoms with Gasteiger partial charge in [0.05, 0.1) is 12.2 Å². The van der Waals surface area contributed by atoms with Crippen LogP contribution in [-0.2, 0) is 29.0 Å².